The Bertz CT molecular complexity index is 546. The Hall–Kier alpha value is -0.670. The Labute approximate surface area is 107 Å². The lowest BCUT2D eigenvalue weighted by Gasteiger charge is -2.12. The zero-order valence-corrected chi connectivity index (χ0v) is 10.9. The van der Waals surface area contributed by atoms with E-state index in [-0.39, 0.29) is 4.47 Å². The molecule has 4 nitrogen and oxygen atoms in total. The molecule has 2 N–H and O–H groups in total. The molecule has 96 valence electrons. The summed E-state index contributed by atoms with van der Waals surface area (Å²) in [6.45, 7) is 0. The van der Waals surface area contributed by atoms with Crippen molar-refractivity contribution < 1.29 is 26.3 Å². The SMILES string of the molecule is Nc1cc(S(=O)(=O)Cl)c(Br)cc1OC(F)(F)F. The molecule has 1 aromatic carbocycles. The third-order valence-corrected chi connectivity index (χ3v) is 3.83. The van der Waals surface area contributed by atoms with Gasteiger partial charge in [0, 0.05) is 15.2 Å². The van der Waals surface area contributed by atoms with Crippen LogP contribution in [0.1, 0.15) is 0 Å². The molecule has 0 amide bonds. The normalized spacial score (nSPS) is 12.5. The summed E-state index contributed by atoms with van der Waals surface area (Å²) in [6, 6.07) is 1.55. The molecule has 0 heterocycles. The van der Waals surface area contributed by atoms with Crippen LogP contribution in [0.2, 0.25) is 0 Å². The van der Waals surface area contributed by atoms with Gasteiger partial charge in [-0.05, 0) is 28.1 Å². The zero-order chi connectivity index (χ0) is 13.4. The number of benzene rings is 1. The van der Waals surface area contributed by atoms with Gasteiger partial charge in [-0.15, -0.1) is 13.2 Å². The Morgan fingerprint density at radius 2 is 1.88 bits per heavy atom. The fourth-order valence-electron chi connectivity index (χ4n) is 0.951. The van der Waals surface area contributed by atoms with E-state index >= 15 is 0 Å². The van der Waals surface area contributed by atoms with Crippen LogP contribution in [0.25, 0.3) is 0 Å². The van der Waals surface area contributed by atoms with Crippen LogP contribution in [-0.2, 0) is 9.05 Å². The first-order valence-electron chi connectivity index (χ1n) is 3.80. The highest BCUT2D eigenvalue weighted by Crippen LogP contribution is 2.36. The second kappa shape index (κ2) is 4.54. The van der Waals surface area contributed by atoms with Crippen molar-refractivity contribution in [2.24, 2.45) is 0 Å². The number of halogens is 5. The van der Waals surface area contributed by atoms with E-state index in [1.165, 1.54) is 0 Å². The molecule has 1 aromatic rings. The lowest BCUT2D eigenvalue weighted by atomic mass is 10.3. The lowest BCUT2D eigenvalue weighted by Crippen LogP contribution is -2.18. The Morgan fingerprint density at radius 3 is 2.29 bits per heavy atom. The molecule has 0 unspecified atom stereocenters. The van der Waals surface area contributed by atoms with Gasteiger partial charge in [0.25, 0.3) is 9.05 Å². The van der Waals surface area contributed by atoms with E-state index < -0.39 is 31.7 Å². The maximum Gasteiger partial charge on any atom is 0.573 e. The highest BCUT2D eigenvalue weighted by molar-refractivity contribution is 9.10. The quantitative estimate of drug-likeness (QED) is 0.655. The summed E-state index contributed by atoms with van der Waals surface area (Å²) in [5.74, 6) is -0.714. The molecule has 0 aliphatic carbocycles. The molecule has 1 rings (SSSR count). The average Bonchev–Trinajstić information content (AvgIpc) is 2.06. The molecule has 0 spiro atoms. The van der Waals surface area contributed by atoms with E-state index in [2.05, 4.69) is 20.7 Å². The van der Waals surface area contributed by atoms with Gasteiger partial charge < -0.3 is 10.5 Å². The number of rotatable bonds is 2. The first-order valence-corrected chi connectivity index (χ1v) is 6.90. The number of alkyl halides is 3. The van der Waals surface area contributed by atoms with Crippen LogP contribution >= 0.6 is 26.6 Å². The Balaban J connectivity index is 3.29. The number of ether oxygens (including phenoxy) is 1. The molecule has 10 heteroatoms. The number of nitrogens with two attached hydrogens (primary N) is 1. The molecule has 0 bridgehead atoms. The van der Waals surface area contributed by atoms with Gasteiger partial charge in [0.1, 0.15) is 0 Å². The van der Waals surface area contributed by atoms with Crippen LogP contribution in [-0.4, -0.2) is 14.8 Å². The van der Waals surface area contributed by atoms with Crippen molar-refractivity contribution in [1.29, 1.82) is 0 Å². The van der Waals surface area contributed by atoms with Gasteiger partial charge in [-0.1, -0.05) is 0 Å². The molecule has 0 aromatic heterocycles. The Kier molecular flexibility index (Phi) is 3.84. The third-order valence-electron chi connectivity index (χ3n) is 1.55. The summed E-state index contributed by atoms with van der Waals surface area (Å²) in [4.78, 5) is -0.439. The van der Waals surface area contributed by atoms with Crippen molar-refractivity contribution in [3.8, 4) is 5.75 Å². The van der Waals surface area contributed by atoms with Crippen molar-refractivity contribution in [2.45, 2.75) is 11.3 Å². The number of hydrogen-bond acceptors (Lipinski definition) is 4. The van der Waals surface area contributed by atoms with Crippen molar-refractivity contribution in [1.82, 2.24) is 0 Å². The van der Waals surface area contributed by atoms with Gasteiger partial charge in [-0.2, -0.15) is 0 Å². The summed E-state index contributed by atoms with van der Waals surface area (Å²) >= 11 is 2.76. The van der Waals surface area contributed by atoms with Gasteiger partial charge in [-0.3, -0.25) is 0 Å². The van der Waals surface area contributed by atoms with Crippen LogP contribution in [0.15, 0.2) is 21.5 Å². The van der Waals surface area contributed by atoms with Crippen LogP contribution in [0.5, 0.6) is 5.75 Å². The molecule has 0 saturated carbocycles. The van der Waals surface area contributed by atoms with Crippen LogP contribution in [0.4, 0.5) is 18.9 Å². The molecular weight excluding hydrogens is 350 g/mol. The van der Waals surface area contributed by atoms with Crippen molar-refractivity contribution in [3.63, 3.8) is 0 Å². The molecular formula is C7H4BrClF3NO3S. The maximum absolute atomic E-state index is 12.0. The van der Waals surface area contributed by atoms with E-state index in [4.69, 9.17) is 16.4 Å². The second-order valence-corrected chi connectivity index (χ2v) is 6.19. The van der Waals surface area contributed by atoms with Gasteiger partial charge in [0.15, 0.2) is 5.75 Å². The summed E-state index contributed by atoms with van der Waals surface area (Å²) in [5, 5.41) is 0. The standard InChI is InChI=1S/C7H4BrClF3NO3S/c8-3-1-5(16-7(10,11)12)4(13)2-6(3)17(9,14)15/h1-2H,13H2. The minimum atomic E-state index is -4.92. The van der Waals surface area contributed by atoms with Gasteiger partial charge in [-0.25, -0.2) is 8.42 Å². The van der Waals surface area contributed by atoms with Crippen LogP contribution < -0.4 is 10.5 Å². The monoisotopic (exact) mass is 353 g/mol. The van der Waals surface area contributed by atoms with Gasteiger partial charge in [0.2, 0.25) is 0 Å². The largest absolute Gasteiger partial charge is 0.573 e. The van der Waals surface area contributed by atoms with E-state index in [9.17, 15) is 21.6 Å². The molecule has 0 atom stereocenters. The minimum absolute atomic E-state index is 0.180. The van der Waals surface area contributed by atoms with E-state index in [1.807, 2.05) is 0 Å². The van der Waals surface area contributed by atoms with E-state index in [1.54, 1.807) is 0 Å². The molecule has 0 aliphatic heterocycles. The fraction of sp³-hybridized carbons (Fsp3) is 0.143. The fourth-order valence-corrected chi connectivity index (χ4v) is 3.13. The minimum Gasteiger partial charge on any atom is -0.404 e. The highest BCUT2D eigenvalue weighted by Gasteiger charge is 2.32. The summed E-state index contributed by atoms with van der Waals surface area (Å²) in [7, 11) is 0.937. The first-order chi connectivity index (χ1) is 7.50. The average molecular weight is 355 g/mol. The van der Waals surface area contributed by atoms with Gasteiger partial charge in [0.05, 0.1) is 10.6 Å². The number of hydrogen-bond donors (Lipinski definition) is 1. The third kappa shape index (κ3) is 3.93. The topological polar surface area (TPSA) is 69.4 Å². The smallest absolute Gasteiger partial charge is 0.404 e. The molecule has 0 radical (unpaired) electrons. The zero-order valence-electron chi connectivity index (χ0n) is 7.75. The van der Waals surface area contributed by atoms with Crippen molar-refractivity contribution in [3.05, 3.63) is 16.6 Å². The van der Waals surface area contributed by atoms with E-state index in [0.29, 0.717) is 0 Å². The number of nitrogen functional groups attached to an aromatic ring is 1. The van der Waals surface area contributed by atoms with E-state index in [0.717, 1.165) is 12.1 Å². The predicted octanol–water partition coefficient (Wildman–Crippen LogP) is 2.86. The first kappa shape index (κ1) is 14.4. The number of anilines is 1. The summed E-state index contributed by atoms with van der Waals surface area (Å²) in [5.41, 5.74) is 4.73. The van der Waals surface area contributed by atoms with Crippen LogP contribution in [0, 0.1) is 0 Å². The molecule has 17 heavy (non-hydrogen) atoms. The highest BCUT2D eigenvalue weighted by atomic mass is 79.9. The van der Waals surface area contributed by atoms with Gasteiger partial charge >= 0.3 is 6.36 Å². The maximum atomic E-state index is 12.0. The van der Waals surface area contributed by atoms with Crippen molar-refractivity contribution in [2.75, 3.05) is 5.73 Å². The predicted molar refractivity (Wildman–Crippen MR) is 58.3 cm³/mol. The molecule has 0 fully saturated rings. The van der Waals surface area contributed by atoms with Crippen molar-refractivity contribution >= 4 is 41.4 Å². The summed E-state index contributed by atoms with van der Waals surface area (Å²) < 4.78 is 61.3. The summed E-state index contributed by atoms with van der Waals surface area (Å²) in [6.07, 6.45) is -4.92. The van der Waals surface area contributed by atoms with Crippen LogP contribution in [0.3, 0.4) is 0 Å². The Morgan fingerprint density at radius 1 is 1.35 bits per heavy atom. The molecule has 0 aliphatic rings. The molecule has 0 saturated heterocycles. The second-order valence-electron chi connectivity index (χ2n) is 2.81. The lowest BCUT2D eigenvalue weighted by molar-refractivity contribution is -0.274.